The lowest BCUT2D eigenvalue weighted by Gasteiger charge is -2.20. The SMILES string of the molecule is C=C(CC(=C/C)/C=c1\c(=C)ccn1C)C(=O)CC(=O)/C=C/C1=CC(F)=C(OCC2C=CC=CN2)CC1. The predicted octanol–water partition coefficient (Wildman–Crippen LogP) is 4.15. The van der Waals surface area contributed by atoms with Gasteiger partial charge in [-0.2, -0.15) is 0 Å². The molecule has 1 aliphatic carbocycles. The van der Waals surface area contributed by atoms with Crippen LogP contribution in [0.15, 0.2) is 95.9 Å². The van der Waals surface area contributed by atoms with E-state index < -0.39 is 5.83 Å². The number of hydrogen-bond acceptors (Lipinski definition) is 4. The van der Waals surface area contributed by atoms with Gasteiger partial charge in [0.25, 0.3) is 0 Å². The Morgan fingerprint density at radius 1 is 1.28 bits per heavy atom. The first-order valence-electron chi connectivity index (χ1n) is 12.0. The van der Waals surface area contributed by atoms with Gasteiger partial charge in [-0.05, 0) is 71.9 Å². The van der Waals surface area contributed by atoms with Gasteiger partial charge >= 0.3 is 0 Å². The van der Waals surface area contributed by atoms with E-state index in [-0.39, 0.29) is 24.0 Å². The average molecular weight is 489 g/mol. The maximum atomic E-state index is 14.5. The third kappa shape index (κ3) is 7.54. The summed E-state index contributed by atoms with van der Waals surface area (Å²) in [6.45, 7) is 10.1. The van der Waals surface area contributed by atoms with Crippen molar-refractivity contribution in [1.82, 2.24) is 9.88 Å². The van der Waals surface area contributed by atoms with Gasteiger partial charge in [-0.1, -0.05) is 37.5 Å². The highest BCUT2D eigenvalue weighted by molar-refractivity contribution is 6.11. The second-order valence-corrected chi connectivity index (χ2v) is 8.84. The van der Waals surface area contributed by atoms with E-state index in [1.165, 1.54) is 12.2 Å². The van der Waals surface area contributed by atoms with Crippen molar-refractivity contribution in [3.05, 3.63) is 106 Å². The number of ketones is 2. The van der Waals surface area contributed by atoms with Gasteiger partial charge in [-0.15, -0.1) is 0 Å². The lowest BCUT2D eigenvalue weighted by atomic mass is 9.98. The molecule has 1 aromatic heterocycles. The molecule has 1 atom stereocenters. The smallest absolute Gasteiger partial charge is 0.166 e. The lowest BCUT2D eigenvalue weighted by molar-refractivity contribution is -0.122. The number of hydrogen-bond donors (Lipinski definition) is 1. The summed E-state index contributed by atoms with van der Waals surface area (Å²) in [5.74, 6) is -0.775. The number of carbonyl (C=O) groups excluding carboxylic acids is 2. The van der Waals surface area contributed by atoms with Crippen LogP contribution in [0.25, 0.3) is 12.7 Å². The van der Waals surface area contributed by atoms with Crippen LogP contribution in [0.4, 0.5) is 4.39 Å². The van der Waals surface area contributed by atoms with Crippen molar-refractivity contribution in [1.29, 1.82) is 0 Å². The topological polar surface area (TPSA) is 60.3 Å². The van der Waals surface area contributed by atoms with Gasteiger partial charge in [0.15, 0.2) is 17.4 Å². The highest BCUT2D eigenvalue weighted by Gasteiger charge is 2.16. The van der Waals surface area contributed by atoms with Crippen molar-refractivity contribution in [2.24, 2.45) is 7.05 Å². The monoisotopic (exact) mass is 488 g/mol. The molecule has 0 spiro atoms. The Labute approximate surface area is 211 Å². The van der Waals surface area contributed by atoms with Crippen LogP contribution in [0.3, 0.4) is 0 Å². The van der Waals surface area contributed by atoms with Crippen LogP contribution in [-0.4, -0.2) is 28.8 Å². The molecule has 36 heavy (non-hydrogen) atoms. The summed E-state index contributed by atoms with van der Waals surface area (Å²) in [4.78, 5) is 24.9. The third-order valence-corrected chi connectivity index (χ3v) is 6.05. The van der Waals surface area contributed by atoms with Crippen molar-refractivity contribution in [3.8, 4) is 0 Å². The first-order chi connectivity index (χ1) is 17.3. The largest absolute Gasteiger partial charge is 0.492 e. The average Bonchev–Trinajstić information content (AvgIpc) is 3.19. The molecule has 0 saturated heterocycles. The molecular formula is C30H33FN2O3. The zero-order valence-electron chi connectivity index (χ0n) is 20.9. The maximum absolute atomic E-state index is 14.5. The molecule has 3 rings (SSSR count). The van der Waals surface area contributed by atoms with Crippen LogP contribution in [0.1, 0.15) is 32.6 Å². The Bertz CT molecular complexity index is 1320. The second-order valence-electron chi connectivity index (χ2n) is 8.84. The molecule has 0 bridgehead atoms. The number of aromatic nitrogens is 1. The Morgan fingerprint density at radius 2 is 2.08 bits per heavy atom. The predicted molar refractivity (Wildman–Crippen MR) is 143 cm³/mol. The molecule has 1 N–H and O–H groups in total. The van der Waals surface area contributed by atoms with E-state index in [4.69, 9.17) is 4.74 Å². The molecule has 0 aromatic carbocycles. The van der Waals surface area contributed by atoms with Crippen LogP contribution in [-0.2, 0) is 21.4 Å². The summed E-state index contributed by atoms with van der Waals surface area (Å²) in [6, 6.07) is 1.93. The molecule has 0 radical (unpaired) electrons. The van der Waals surface area contributed by atoms with Crippen LogP contribution in [0.2, 0.25) is 0 Å². The minimum Gasteiger partial charge on any atom is -0.492 e. The lowest BCUT2D eigenvalue weighted by Crippen LogP contribution is -2.28. The highest BCUT2D eigenvalue weighted by Crippen LogP contribution is 2.26. The van der Waals surface area contributed by atoms with E-state index in [0.717, 1.165) is 16.1 Å². The number of aryl methyl sites for hydroxylation is 1. The summed E-state index contributed by atoms with van der Waals surface area (Å²) in [6.07, 6.45) is 18.7. The van der Waals surface area contributed by atoms with Gasteiger partial charge < -0.3 is 14.6 Å². The van der Waals surface area contributed by atoms with Gasteiger partial charge in [0.1, 0.15) is 12.4 Å². The fourth-order valence-electron chi connectivity index (χ4n) is 3.84. The molecule has 1 aliphatic heterocycles. The fraction of sp³-hybridized carbons (Fsp3) is 0.267. The highest BCUT2D eigenvalue weighted by atomic mass is 19.1. The number of allylic oxidation sites excluding steroid dienone is 11. The van der Waals surface area contributed by atoms with Crippen molar-refractivity contribution in [3.63, 3.8) is 0 Å². The van der Waals surface area contributed by atoms with Gasteiger partial charge in [0.05, 0.1) is 12.5 Å². The molecule has 0 amide bonds. The number of nitrogens with zero attached hydrogens (tertiary/aromatic N) is 1. The van der Waals surface area contributed by atoms with E-state index in [2.05, 4.69) is 18.5 Å². The second kappa shape index (κ2) is 12.7. The number of nitrogens with one attached hydrogen (secondary N) is 1. The van der Waals surface area contributed by atoms with Gasteiger partial charge in [0.2, 0.25) is 0 Å². The summed E-state index contributed by atoms with van der Waals surface area (Å²) in [5, 5.41) is 4.97. The standard InChI is InChI=1S/C30H33FN2O3/c1-5-23(18-28-21(2)13-15-33(28)4)16-22(3)29(35)19-26(34)11-9-24-10-12-30(27(31)17-24)36-20-25-8-6-7-14-32-25/h5-9,11,13-15,17-18,25,32H,2-3,10,12,16,19-20H2,1,4H3/b11-9+,23-5-,28-18+. The van der Waals surface area contributed by atoms with Gasteiger partial charge in [-0.3, -0.25) is 9.59 Å². The third-order valence-electron chi connectivity index (χ3n) is 6.05. The van der Waals surface area contributed by atoms with E-state index in [1.807, 2.05) is 67.4 Å². The molecule has 5 nitrogen and oxygen atoms in total. The number of rotatable bonds is 11. The van der Waals surface area contributed by atoms with E-state index >= 15 is 0 Å². The molecule has 2 aliphatic rings. The minimum absolute atomic E-state index is 0.00605. The van der Waals surface area contributed by atoms with Gasteiger partial charge in [-0.25, -0.2) is 4.39 Å². The van der Waals surface area contributed by atoms with Crippen molar-refractivity contribution >= 4 is 24.2 Å². The summed E-state index contributed by atoms with van der Waals surface area (Å²) >= 11 is 0. The van der Waals surface area contributed by atoms with Crippen molar-refractivity contribution in [2.45, 2.75) is 38.6 Å². The van der Waals surface area contributed by atoms with Crippen LogP contribution in [0.5, 0.6) is 0 Å². The minimum atomic E-state index is -0.438. The number of Topliss-reactive ketones (excluding diaryl/α,β-unsaturated/α-hetero) is 1. The molecule has 0 fully saturated rings. The summed E-state index contributed by atoms with van der Waals surface area (Å²) < 4.78 is 22.0. The number of halogens is 1. The number of carbonyl (C=O) groups is 2. The normalized spacial score (nSPS) is 18.4. The first-order valence-corrected chi connectivity index (χ1v) is 12.0. The quantitative estimate of drug-likeness (QED) is 0.376. The zero-order chi connectivity index (χ0) is 26.1. The number of ether oxygens (including phenoxy) is 1. The number of dihydropyridines is 1. The fourth-order valence-corrected chi connectivity index (χ4v) is 3.84. The molecular weight excluding hydrogens is 455 g/mol. The Balaban J connectivity index is 1.52. The van der Waals surface area contributed by atoms with E-state index in [1.54, 1.807) is 6.08 Å². The van der Waals surface area contributed by atoms with Gasteiger partial charge in [0, 0.05) is 31.4 Å². The Hall–Kier alpha value is -3.93. The molecule has 188 valence electrons. The Morgan fingerprint density at radius 3 is 2.72 bits per heavy atom. The molecule has 1 unspecified atom stereocenters. The van der Waals surface area contributed by atoms with Crippen molar-refractivity contribution < 1.29 is 18.7 Å². The van der Waals surface area contributed by atoms with Crippen molar-refractivity contribution in [2.75, 3.05) is 6.61 Å². The summed E-state index contributed by atoms with van der Waals surface area (Å²) in [7, 11) is 1.93. The molecule has 6 heteroatoms. The molecule has 2 heterocycles. The molecule has 1 aromatic rings. The Kier molecular flexibility index (Phi) is 9.39. The van der Waals surface area contributed by atoms with Crippen LogP contribution in [0, 0.1) is 0 Å². The van der Waals surface area contributed by atoms with E-state index in [9.17, 15) is 14.0 Å². The van der Waals surface area contributed by atoms with E-state index in [0.29, 0.717) is 42.8 Å². The van der Waals surface area contributed by atoms with Crippen LogP contribution >= 0.6 is 0 Å². The maximum Gasteiger partial charge on any atom is 0.166 e. The zero-order valence-corrected chi connectivity index (χ0v) is 20.9. The van der Waals surface area contributed by atoms with Crippen LogP contribution < -0.4 is 15.9 Å². The summed E-state index contributed by atoms with van der Waals surface area (Å²) in [5.41, 5.74) is 1.96. The molecule has 0 saturated carbocycles. The first kappa shape index (κ1) is 26.7.